The molecular weight excluding hydrogens is 428 g/mol. The summed E-state index contributed by atoms with van der Waals surface area (Å²) in [5.74, 6) is 0.281. The van der Waals surface area contributed by atoms with E-state index in [4.69, 9.17) is 5.73 Å². The van der Waals surface area contributed by atoms with Crippen LogP contribution in [0.15, 0.2) is 35.3 Å². The quantitative estimate of drug-likeness (QED) is 0.577. The van der Waals surface area contributed by atoms with Crippen molar-refractivity contribution in [2.24, 2.45) is 0 Å². The van der Waals surface area contributed by atoms with Gasteiger partial charge in [-0.05, 0) is 40.9 Å². The number of nitrogens with two attached hydrogens (primary N) is 1. The van der Waals surface area contributed by atoms with E-state index in [-0.39, 0.29) is 18.4 Å². The van der Waals surface area contributed by atoms with Crippen LogP contribution in [-0.4, -0.2) is 54.0 Å². The summed E-state index contributed by atoms with van der Waals surface area (Å²) in [6.45, 7) is 0.484. The van der Waals surface area contributed by atoms with Gasteiger partial charge in [-0.15, -0.1) is 0 Å². The van der Waals surface area contributed by atoms with Crippen molar-refractivity contribution >= 4 is 50.4 Å². The Morgan fingerprint density at radius 1 is 1.32 bits per heavy atom. The van der Waals surface area contributed by atoms with Gasteiger partial charge in [-0.3, -0.25) is 9.59 Å². The second-order valence-corrected chi connectivity index (χ2v) is 7.19. The van der Waals surface area contributed by atoms with Crippen LogP contribution < -0.4 is 11.1 Å². The fraction of sp³-hybridized carbons (Fsp3) is 0.294. The Bertz CT molecular complexity index is 1050. The Morgan fingerprint density at radius 2 is 2.18 bits per heavy atom. The average molecular weight is 445 g/mol. The highest BCUT2D eigenvalue weighted by Gasteiger charge is 2.34. The highest BCUT2D eigenvalue weighted by molar-refractivity contribution is 9.10. The van der Waals surface area contributed by atoms with Crippen LogP contribution in [0.5, 0.6) is 0 Å². The fourth-order valence-corrected chi connectivity index (χ4v) is 3.61. The Kier molecular flexibility index (Phi) is 4.90. The topological polar surface area (TPSA) is 132 Å². The third-order valence-electron chi connectivity index (χ3n) is 4.59. The van der Waals surface area contributed by atoms with Crippen molar-refractivity contribution in [3.05, 3.63) is 35.3 Å². The van der Waals surface area contributed by atoms with Crippen LogP contribution in [0.25, 0.3) is 11.0 Å². The number of fused-ring (bicyclic) bond motifs is 1. The number of hydrogen-bond donors (Lipinski definition) is 2. The van der Waals surface area contributed by atoms with Crippen LogP contribution in [0.2, 0.25) is 0 Å². The lowest BCUT2D eigenvalue weighted by molar-refractivity contribution is -0.137. The van der Waals surface area contributed by atoms with Gasteiger partial charge in [0.1, 0.15) is 35.2 Å². The molecule has 11 heteroatoms. The van der Waals surface area contributed by atoms with Crippen LogP contribution in [0.1, 0.15) is 12.8 Å². The number of nitrogens with one attached hydrogen (secondary N) is 1. The highest BCUT2D eigenvalue weighted by atomic mass is 79.9. The molecule has 144 valence electrons. The zero-order chi connectivity index (χ0) is 19.7. The first-order chi connectivity index (χ1) is 13.5. The summed E-state index contributed by atoms with van der Waals surface area (Å²) in [6.07, 6.45) is 4.22. The monoisotopic (exact) mass is 444 g/mol. The molecule has 3 aromatic heterocycles. The molecule has 4 rings (SSSR count). The van der Waals surface area contributed by atoms with Crippen molar-refractivity contribution < 1.29 is 9.59 Å². The second kappa shape index (κ2) is 7.50. The third kappa shape index (κ3) is 3.52. The molecule has 0 bridgehead atoms. The summed E-state index contributed by atoms with van der Waals surface area (Å²) >= 11 is 3.27. The Morgan fingerprint density at radius 3 is 3.00 bits per heavy atom. The molecule has 0 radical (unpaired) electrons. The predicted octanol–water partition coefficient (Wildman–Crippen LogP) is 1.20. The van der Waals surface area contributed by atoms with Gasteiger partial charge in [-0.25, -0.2) is 19.6 Å². The minimum absolute atomic E-state index is 0.0289. The lowest BCUT2D eigenvalue weighted by Crippen LogP contribution is -2.44. The molecule has 28 heavy (non-hydrogen) atoms. The van der Waals surface area contributed by atoms with Crippen molar-refractivity contribution in [3.63, 3.8) is 0 Å². The van der Waals surface area contributed by atoms with E-state index in [9.17, 15) is 9.59 Å². The van der Waals surface area contributed by atoms with Gasteiger partial charge in [0.15, 0.2) is 5.65 Å². The van der Waals surface area contributed by atoms with Crippen molar-refractivity contribution in [1.82, 2.24) is 29.6 Å². The number of amides is 2. The zero-order valence-corrected chi connectivity index (χ0v) is 16.3. The molecule has 4 heterocycles. The van der Waals surface area contributed by atoms with Gasteiger partial charge in [0, 0.05) is 6.54 Å². The van der Waals surface area contributed by atoms with Crippen molar-refractivity contribution in [2.75, 3.05) is 17.6 Å². The number of anilines is 2. The molecule has 1 saturated heterocycles. The molecule has 0 aliphatic carbocycles. The number of nitrogens with zero attached hydrogens (tertiary/aromatic N) is 6. The molecule has 0 unspecified atom stereocenters. The van der Waals surface area contributed by atoms with E-state index in [0.29, 0.717) is 40.2 Å². The number of likely N-dealkylation sites (tertiary alicyclic amines) is 1. The number of hydrogen-bond acceptors (Lipinski definition) is 7. The number of pyridine rings is 1. The van der Waals surface area contributed by atoms with Crippen LogP contribution in [0.4, 0.5) is 11.6 Å². The van der Waals surface area contributed by atoms with E-state index in [1.165, 1.54) is 17.2 Å². The summed E-state index contributed by atoms with van der Waals surface area (Å²) in [6, 6.07) is 4.70. The number of aromatic nitrogens is 5. The average Bonchev–Trinajstić information content (AvgIpc) is 3.30. The van der Waals surface area contributed by atoms with Crippen LogP contribution in [0, 0.1) is 0 Å². The van der Waals surface area contributed by atoms with Crippen LogP contribution >= 0.6 is 15.9 Å². The van der Waals surface area contributed by atoms with E-state index < -0.39 is 6.04 Å². The van der Waals surface area contributed by atoms with Crippen LogP contribution in [-0.2, 0) is 16.1 Å². The summed E-state index contributed by atoms with van der Waals surface area (Å²) in [5.41, 5.74) is 6.29. The van der Waals surface area contributed by atoms with Gasteiger partial charge in [0.05, 0.1) is 11.6 Å². The fourth-order valence-electron chi connectivity index (χ4n) is 3.27. The maximum absolute atomic E-state index is 12.9. The van der Waals surface area contributed by atoms with E-state index in [0.717, 1.165) is 6.42 Å². The Hall–Kier alpha value is -3.08. The molecule has 1 atom stereocenters. The maximum Gasteiger partial charge on any atom is 0.248 e. The summed E-state index contributed by atoms with van der Waals surface area (Å²) in [4.78, 5) is 39.4. The van der Waals surface area contributed by atoms with E-state index >= 15 is 0 Å². The number of halogens is 1. The number of nitrogen functional groups attached to an aromatic ring is 1. The molecule has 3 N–H and O–H groups in total. The first-order valence-corrected chi connectivity index (χ1v) is 9.47. The van der Waals surface area contributed by atoms with Crippen molar-refractivity contribution in [3.8, 4) is 0 Å². The van der Waals surface area contributed by atoms with Crippen molar-refractivity contribution in [1.29, 1.82) is 0 Å². The largest absolute Gasteiger partial charge is 0.383 e. The predicted molar refractivity (Wildman–Crippen MR) is 105 cm³/mol. The van der Waals surface area contributed by atoms with Gasteiger partial charge < -0.3 is 16.0 Å². The summed E-state index contributed by atoms with van der Waals surface area (Å²) in [7, 11) is 0. The molecule has 3 aromatic rings. The number of rotatable bonds is 4. The summed E-state index contributed by atoms with van der Waals surface area (Å²) < 4.78 is 2.09. The standard InChI is InChI=1S/C17H17BrN8O2/c18-12-4-1-5-13(23-12)24-17(28)11-3-2-6-25(11)14(27)8-26-16-10(7-22-26)15(19)20-9-21-16/h1,4-5,7,9,11H,2-3,6,8H2,(H2,19,20,21)(H,23,24,28)/t11-/m0/s1. The second-order valence-electron chi connectivity index (χ2n) is 6.38. The minimum atomic E-state index is -0.546. The minimum Gasteiger partial charge on any atom is -0.383 e. The maximum atomic E-state index is 12.9. The van der Waals surface area contributed by atoms with Crippen LogP contribution in [0.3, 0.4) is 0 Å². The normalized spacial score (nSPS) is 16.5. The molecule has 1 fully saturated rings. The zero-order valence-electron chi connectivity index (χ0n) is 14.7. The van der Waals surface area contributed by atoms with E-state index in [1.54, 1.807) is 23.1 Å². The van der Waals surface area contributed by atoms with Crippen molar-refractivity contribution in [2.45, 2.75) is 25.4 Å². The molecule has 0 aromatic carbocycles. The molecule has 10 nitrogen and oxygen atoms in total. The lowest BCUT2D eigenvalue weighted by Gasteiger charge is -2.23. The molecule has 0 spiro atoms. The van der Waals surface area contributed by atoms with Gasteiger partial charge in [-0.1, -0.05) is 6.07 Å². The molecular formula is C17H17BrN8O2. The van der Waals surface area contributed by atoms with Gasteiger partial charge >= 0.3 is 0 Å². The van der Waals surface area contributed by atoms with E-state index in [2.05, 4.69) is 41.3 Å². The van der Waals surface area contributed by atoms with Gasteiger partial charge in [-0.2, -0.15) is 5.10 Å². The van der Waals surface area contributed by atoms with E-state index in [1.807, 2.05) is 0 Å². The number of carbonyl (C=O) groups excluding carboxylic acids is 2. The third-order valence-corrected chi connectivity index (χ3v) is 5.03. The van der Waals surface area contributed by atoms with Gasteiger partial charge in [0.2, 0.25) is 11.8 Å². The SMILES string of the molecule is Nc1ncnc2c1cnn2CC(=O)N1CCC[C@H]1C(=O)Nc1cccc(Br)n1. The number of carbonyl (C=O) groups is 2. The molecule has 1 aliphatic heterocycles. The first kappa shape index (κ1) is 18.3. The molecule has 1 aliphatic rings. The summed E-state index contributed by atoms with van der Waals surface area (Å²) in [5, 5.41) is 7.55. The van der Waals surface area contributed by atoms with Gasteiger partial charge in [0.25, 0.3) is 0 Å². The molecule has 2 amide bonds. The first-order valence-electron chi connectivity index (χ1n) is 8.68. The Balaban J connectivity index is 1.48. The lowest BCUT2D eigenvalue weighted by atomic mass is 10.2. The highest BCUT2D eigenvalue weighted by Crippen LogP contribution is 2.21. The smallest absolute Gasteiger partial charge is 0.248 e. The Labute approximate surface area is 168 Å². The molecule has 0 saturated carbocycles.